The van der Waals surface area contributed by atoms with Crippen LogP contribution in [-0.4, -0.2) is 60.7 Å². The number of nitrogens with zero attached hydrogens (tertiary/aromatic N) is 6. The Labute approximate surface area is 206 Å². The number of rotatable bonds is 11. The van der Waals surface area contributed by atoms with Gasteiger partial charge in [0.15, 0.2) is 5.16 Å². The molecule has 0 atom stereocenters. The van der Waals surface area contributed by atoms with E-state index in [1.807, 2.05) is 42.6 Å². The van der Waals surface area contributed by atoms with Gasteiger partial charge in [0.1, 0.15) is 18.0 Å². The number of thioether (sulfide) groups is 1. The number of carbonyl (C=O) groups excluding carboxylic acids is 2. The Morgan fingerprint density at radius 3 is 2.71 bits per heavy atom. The molecule has 3 heterocycles. The molecule has 0 aliphatic carbocycles. The number of carbonyl (C=O) groups is 2. The first-order valence-electron chi connectivity index (χ1n) is 11.1. The Balaban J connectivity index is 1.39. The molecule has 3 aromatic heterocycles. The van der Waals surface area contributed by atoms with Gasteiger partial charge < -0.3 is 14.1 Å². The van der Waals surface area contributed by atoms with E-state index in [2.05, 4.69) is 15.3 Å². The minimum absolute atomic E-state index is 0.0125. The normalized spacial score (nSPS) is 10.9. The minimum Gasteiger partial charge on any atom is -0.467 e. The van der Waals surface area contributed by atoms with Gasteiger partial charge in [0.05, 0.1) is 37.1 Å². The van der Waals surface area contributed by atoms with Crippen molar-refractivity contribution in [1.29, 1.82) is 0 Å². The minimum atomic E-state index is -0.385. The van der Waals surface area contributed by atoms with Gasteiger partial charge in [-0.1, -0.05) is 30.0 Å². The lowest BCUT2D eigenvalue weighted by Crippen LogP contribution is -2.27. The molecule has 0 unspecified atom stereocenters. The highest BCUT2D eigenvalue weighted by Gasteiger charge is 2.19. The van der Waals surface area contributed by atoms with Crippen LogP contribution in [0.15, 0.2) is 70.7 Å². The first-order valence-corrected chi connectivity index (χ1v) is 12.1. The molecule has 4 rings (SSSR count). The molecule has 0 N–H and O–H groups in total. The molecule has 0 fully saturated rings. The SMILES string of the molecule is CCOC(=O)Cc1nnc(SCC(=O)N(C)Cc2cnn(-c3ccccc3)c2)n1Cc1ccco1. The van der Waals surface area contributed by atoms with Crippen molar-refractivity contribution in [2.75, 3.05) is 19.4 Å². The number of furan rings is 1. The Morgan fingerprint density at radius 1 is 1.14 bits per heavy atom. The average molecular weight is 495 g/mol. The summed E-state index contributed by atoms with van der Waals surface area (Å²) in [5.41, 5.74) is 1.88. The summed E-state index contributed by atoms with van der Waals surface area (Å²) in [5.74, 6) is 0.858. The van der Waals surface area contributed by atoms with E-state index in [0.717, 1.165) is 11.3 Å². The summed E-state index contributed by atoms with van der Waals surface area (Å²) in [4.78, 5) is 26.5. The van der Waals surface area contributed by atoms with Crippen LogP contribution in [0.2, 0.25) is 0 Å². The number of hydrogen-bond donors (Lipinski definition) is 0. The number of amides is 1. The lowest BCUT2D eigenvalue weighted by molar-refractivity contribution is -0.142. The van der Waals surface area contributed by atoms with Gasteiger partial charge in [0.25, 0.3) is 0 Å². The smallest absolute Gasteiger partial charge is 0.313 e. The molecular formula is C24H26N6O4S. The van der Waals surface area contributed by atoms with Crippen molar-refractivity contribution in [2.24, 2.45) is 0 Å². The van der Waals surface area contributed by atoms with Crippen molar-refractivity contribution >= 4 is 23.6 Å². The zero-order valence-corrected chi connectivity index (χ0v) is 20.4. The predicted octanol–water partition coefficient (Wildman–Crippen LogP) is 2.96. The predicted molar refractivity (Wildman–Crippen MR) is 129 cm³/mol. The lowest BCUT2D eigenvalue weighted by Gasteiger charge is -2.16. The Morgan fingerprint density at radius 2 is 1.97 bits per heavy atom. The third-order valence-electron chi connectivity index (χ3n) is 5.12. The third-order valence-corrected chi connectivity index (χ3v) is 6.07. The molecule has 10 nitrogen and oxygen atoms in total. The summed E-state index contributed by atoms with van der Waals surface area (Å²) in [6.45, 7) is 2.82. The van der Waals surface area contributed by atoms with Gasteiger partial charge in [-0.25, -0.2) is 4.68 Å². The molecule has 0 radical (unpaired) electrons. The molecule has 182 valence electrons. The topological polar surface area (TPSA) is 108 Å². The zero-order valence-electron chi connectivity index (χ0n) is 19.5. The van der Waals surface area contributed by atoms with E-state index in [0.29, 0.717) is 29.8 Å². The standard InChI is InChI=1S/C24H26N6O4S/c1-3-33-23(32)12-21-26-27-24(29(21)16-20-10-7-11-34-20)35-17-22(31)28(2)14-18-13-25-30(15-18)19-8-5-4-6-9-19/h4-11,13,15H,3,12,14,16-17H2,1-2H3. The maximum atomic E-state index is 12.8. The third kappa shape index (κ3) is 6.38. The van der Waals surface area contributed by atoms with E-state index >= 15 is 0 Å². The zero-order chi connectivity index (χ0) is 24.6. The summed E-state index contributed by atoms with van der Waals surface area (Å²) in [7, 11) is 1.75. The number of esters is 1. The van der Waals surface area contributed by atoms with Crippen LogP contribution < -0.4 is 0 Å². The second-order valence-corrected chi connectivity index (χ2v) is 8.66. The molecule has 0 saturated heterocycles. The van der Waals surface area contributed by atoms with Crippen molar-refractivity contribution in [3.8, 4) is 5.69 Å². The number of hydrogen-bond acceptors (Lipinski definition) is 8. The fourth-order valence-corrected chi connectivity index (χ4v) is 4.27. The van der Waals surface area contributed by atoms with Crippen LogP contribution in [0.4, 0.5) is 0 Å². The first-order chi connectivity index (χ1) is 17.0. The van der Waals surface area contributed by atoms with Gasteiger partial charge in [-0.15, -0.1) is 10.2 Å². The average Bonchev–Trinajstić information content (AvgIpc) is 3.62. The highest BCUT2D eigenvalue weighted by atomic mass is 32.2. The largest absolute Gasteiger partial charge is 0.467 e. The molecule has 0 spiro atoms. The Hall–Kier alpha value is -3.86. The number of para-hydroxylation sites is 1. The fourth-order valence-electron chi connectivity index (χ4n) is 3.38. The van der Waals surface area contributed by atoms with Crippen LogP contribution in [0.25, 0.3) is 5.69 Å². The fraction of sp³-hybridized carbons (Fsp3) is 0.292. The highest BCUT2D eigenvalue weighted by molar-refractivity contribution is 7.99. The maximum Gasteiger partial charge on any atom is 0.313 e. The van der Waals surface area contributed by atoms with Crippen LogP contribution in [0, 0.1) is 0 Å². The number of aromatic nitrogens is 5. The monoisotopic (exact) mass is 494 g/mol. The van der Waals surface area contributed by atoms with Crippen LogP contribution >= 0.6 is 11.8 Å². The summed E-state index contributed by atoms with van der Waals surface area (Å²) >= 11 is 1.26. The van der Waals surface area contributed by atoms with Gasteiger partial charge in [0, 0.05) is 25.4 Å². The van der Waals surface area contributed by atoms with Crippen LogP contribution in [0.5, 0.6) is 0 Å². The van der Waals surface area contributed by atoms with Gasteiger partial charge in [-0.05, 0) is 31.2 Å². The molecule has 0 aliphatic rings. The van der Waals surface area contributed by atoms with Crippen LogP contribution in [0.3, 0.4) is 0 Å². The summed E-state index contributed by atoms with van der Waals surface area (Å²) < 4.78 is 14.0. The van der Waals surface area contributed by atoms with Gasteiger partial charge >= 0.3 is 5.97 Å². The Bertz CT molecular complexity index is 1250. The second-order valence-electron chi connectivity index (χ2n) is 7.71. The molecule has 0 aliphatic heterocycles. The van der Waals surface area contributed by atoms with E-state index in [9.17, 15) is 9.59 Å². The Kier molecular flexibility index (Phi) is 7.99. The summed E-state index contributed by atoms with van der Waals surface area (Å²) in [5, 5.41) is 13.3. The van der Waals surface area contributed by atoms with Crippen LogP contribution in [0.1, 0.15) is 24.1 Å². The van der Waals surface area contributed by atoms with E-state index in [-0.39, 0.29) is 30.7 Å². The lowest BCUT2D eigenvalue weighted by atomic mass is 10.3. The first kappa shape index (κ1) is 24.3. The van der Waals surface area contributed by atoms with E-state index in [4.69, 9.17) is 9.15 Å². The van der Waals surface area contributed by atoms with Crippen molar-refractivity contribution in [1.82, 2.24) is 29.4 Å². The van der Waals surface area contributed by atoms with Crippen LogP contribution in [-0.2, 0) is 33.8 Å². The van der Waals surface area contributed by atoms with Crippen molar-refractivity contribution in [3.63, 3.8) is 0 Å². The van der Waals surface area contributed by atoms with Gasteiger partial charge in [0.2, 0.25) is 5.91 Å². The number of ether oxygens (including phenoxy) is 1. The molecule has 4 aromatic rings. The maximum absolute atomic E-state index is 12.8. The van der Waals surface area contributed by atoms with Crippen molar-refractivity contribution < 1.29 is 18.7 Å². The number of benzene rings is 1. The second kappa shape index (κ2) is 11.5. The van der Waals surface area contributed by atoms with Gasteiger partial charge in [-0.3, -0.25) is 14.2 Å². The quantitative estimate of drug-likeness (QED) is 0.231. The van der Waals surface area contributed by atoms with E-state index in [1.165, 1.54) is 11.8 Å². The van der Waals surface area contributed by atoms with E-state index < -0.39 is 0 Å². The molecular weight excluding hydrogens is 468 g/mol. The summed E-state index contributed by atoms with van der Waals surface area (Å²) in [6.07, 6.45) is 5.23. The summed E-state index contributed by atoms with van der Waals surface area (Å²) in [6, 6.07) is 13.4. The van der Waals surface area contributed by atoms with E-state index in [1.54, 1.807) is 46.6 Å². The molecule has 0 saturated carbocycles. The molecule has 11 heteroatoms. The van der Waals surface area contributed by atoms with Crippen molar-refractivity contribution in [2.45, 2.75) is 31.6 Å². The molecule has 35 heavy (non-hydrogen) atoms. The van der Waals surface area contributed by atoms with Gasteiger partial charge in [-0.2, -0.15) is 5.10 Å². The van der Waals surface area contributed by atoms with Crippen molar-refractivity contribution in [3.05, 3.63) is 78.3 Å². The highest BCUT2D eigenvalue weighted by Crippen LogP contribution is 2.20. The molecule has 1 amide bonds. The molecule has 1 aromatic carbocycles. The molecule has 0 bridgehead atoms.